The van der Waals surface area contributed by atoms with E-state index in [4.69, 9.17) is 0 Å². The molecule has 2 aliphatic heterocycles. The van der Waals surface area contributed by atoms with E-state index in [1.54, 1.807) is 45.0 Å². The van der Waals surface area contributed by atoms with Gasteiger partial charge in [0.2, 0.25) is 35.4 Å². The number of fused-ring (bicyclic) bond motifs is 2. The van der Waals surface area contributed by atoms with E-state index >= 15 is 0 Å². The number of aliphatic hydroxyl groups is 1. The first-order chi connectivity index (χ1) is 26.0. The zero-order valence-electron chi connectivity index (χ0n) is 32.0. The van der Waals surface area contributed by atoms with Gasteiger partial charge in [-0.2, -0.15) is 0 Å². The number of benzene rings is 2. The SMILES string of the molecule is CC[C@H](C)[C@@H]1NC(=O)[C@H](C)NC(=O)[C@H]([C@@H](C)O)NC(=O)[C@H](Cc2ccc(O)cc2)NC(=O)[C@H](C(C)C)NC(=O)c2ccccc2NC(=O)[C@@H]2CCCN2C1=O. The molecule has 16 heteroatoms. The number of amides is 7. The van der Waals surface area contributed by atoms with Crippen molar-refractivity contribution < 1.29 is 43.8 Å². The summed E-state index contributed by atoms with van der Waals surface area (Å²) in [5.41, 5.74) is 0.735. The van der Waals surface area contributed by atoms with E-state index in [1.807, 2.05) is 6.92 Å². The molecule has 298 valence electrons. The molecule has 2 aromatic rings. The molecule has 0 bridgehead atoms. The number of phenolic OH excluding ortho intramolecular Hbond substituents is 1. The van der Waals surface area contributed by atoms with E-state index in [1.165, 1.54) is 43.0 Å². The van der Waals surface area contributed by atoms with Crippen LogP contribution < -0.4 is 31.9 Å². The number of hydrogen-bond acceptors (Lipinski definition) is 9. The number of nitrogens with zero attached hydrogens (tertiary/aromatic N) is 1. The number of anilines is 1. The number of phenols is 1. The van der Waals surface area contributed by atoms with Gasteiger partial charge in [-0.15, -0.1) is 0 Å². The summed E-state index contributed by atoms with van der Waals surface area (Å²) < 4.78 is 0. The Kier molecular flexibility index (Phi) is 14.4. The molecular formula is C39H53N7O9. The smallest absolute Gasteiger partial charge is 0.254 e. The Balaban J connectivity index is 1.76. The minimum atomic E-state index is -1.58. The summed E-state index contributed by atoms with van der Waals surface area (Å²) in [5, 5.41) is 36.4. The van der Waals surface area contributed by atoms with E-state index in [-0.39, 0.29) is 35.9 Å². The van der Waals surface area contributed by atoms with Crippen LogP contribution in [0.5, 0.6) is 5.75 Å². The van der Waals surface area contributed by atoms with Gasteiger partial charge in [0.1, 0.15) is 42.0 Å². The van der Waals surface area contributed by atoms with Gasteiger partial charge in [0, 0.05) is 13.0 Å². The molecule has 8 atom stereocenters. The number of carbonyl (C=O) groups excluding carboxylic acids is 7. The normalized spacial score (nSPS) is 26.1. The zero-order valence-corrected chi connectivity index (χ0v) is 32.0. The Bertz CT molecular complexity index is 1750. The van der Waals surface area contributed by atoms with Crippen LogP contribution in [0.4, 0.5) is 5.69 Å². The van der Waals surface area contributed by atoms with E-state index in [0.717, 1.165) is 0 Å². The number of hydrogen-bond donors (Lipinski definition) is 8. The van der Waals surface area contributed by atoms with E-state index < -0.39 is 89.6 Å². The number of para-hydroxylation sites is 1. The van der Waals surface area contributed by atoms with Crippen molar-refractivity contribution in [1.82, 2.24) is 31.5 Å². The Morgan fingerprint density at radius 2 is 1.38 bits per heavy atom. The third-order valence-electron chi connectivity index (χ3n) is 10.1. The van der Waals surface area contributed by atoms with Crippen LogP contribution in [0.25, 0.3) is 0 Å². The maximum Gasteiger partial charge on any atom is 0.254 e. The van der Waals surface area contributed by atoms with Gasteiger partial charge in [0.25, 0.3) is 5.91 Å². The van der Waals surface area contributed by atoms with Crippen LogP contribution in [0.2, 0.25) is 0 Å². The van der Waals surface area contributed by atoms with Crippen LogP contribution in [0.3, 0.4) is 0 Å². The third kappa shape index (κ3) is 10.6. The minimum Gasteiger partial charge on any atom is -0.508 e. The zero-order chi connectivity index (χ0) is 40.6. The Morgan fingerprint density at radius 1 is 0.745 bits per heavy atom. The highest BCUT2D eigenvalue weighted by Crippen LogP contribution is 2.24. The molecule has 4 rings (SSSR count). The van der Waals surface area contributed by atoms with E-state index in [2.05, 4.69) is 31.9 Å². The van der Waals surface area contributed by atoms with Crippen molar-refractivity contribution in [3.8, 4) is 5.75 Å². The molecule has 8 N–H and O–H groups in total. The van der Waals surface area contributed by atoms with Crippen molar-refractivity contribution in [2.24, 2.45) is 11.8 Å². The lowest BCUT2D eigenvalue weighted by atomic mass is 9.97. The largest absolute Gasteiger partial charge is 0.508 e. The topological polar surface area (TPSA) is 235 Å². The molecule has 0 unspecified atom stereocenters. The summed E-state index contributed by atoms with van der Waals surface area (Å²) >= 11 is 0. The van der Waals surface area contributed by atoms with Crippen LogP contribution in [-0.4, -0.2) is 105 Å². The quantitative estimate of drug-likeness (QED) is 0.207. The number of rotatable bonds is 6. The molecule has 0 spiro atoms. The maximum atomic E-state index is 14.1. The first-order valence-corrected chi connectivity index (χ1v) is 18.7. The van der Waals surface area contributed by atoms with Crippen molar-refractivity contribution in [3.05, 3.63) is 59.7 Å². The average molecular weight is 764 g/mol. The minimum absolute atomic E-state index is 0.0248. The molecular weight excluding hydrogens is 710 g/mol. The number of nitrogens with one attached hydrogen (secondary N) is 6. The van der Waals surface area contributed by atoms with Crippen molar-refractivity contribution in [2.45, 2.75) is 110 Å². The van der Waals surface area contributed by atoms with Crippen LogP contribution in [-0.2, 0) is 35.2 Å². The number of aromatic hydroxyl groups is 1. The molecule has 55 heavy (non-hydrogen) atoms. The highest BCUT2D eigenvalue weighted by molar-refractivity contribution is 6.07. The second-order valence-corrected chi connectivity index (χ2v) is 14.7. The van der Waals surface area contributed by atoms with Crippen molar-refractivity contribution in [3.63, 3.8) is 0 Å². The fourth-order valence-electron chi connectivity index (χ4n) is 6.57. The summed E-state index contributed by atoms with van der Waals surface area (Å²) in [4.78, 5) is 97.9. The van der Waals surface area contributed by atoms with Gasteiger partial charge < -0.3 is 47.0 Å². The molecule has 0 aromatic heterocycles. The summed E-state index contributed by atoms with van der Waals surface area (Å²) in [5.74, 6) is -5.78. The molecule has 2 aromatic carbocycles. The fourth-order valence-corrected chi connectivity index (χ4v) is 6.57. The van der Waals surface area contributed by atoms with E-state index in [9.17, 15) is 43.8 Å². The molecule has 2 aliphatic rings. The first-order valence-electron chi connectivity index (χ1n) is 18.7. The fraction of sp³-hybridized carbons (Fsp3) is 0.513. The van der Waals surface area contributed by atoms with Crippen LogP contribution in [0.15, 0.2) is 48.5 Å². The Hall–Kier alpha value is -5.51. The maximum absolute atomic E-state index is 14.1. The molecule has 2 heterocycles. The second kappa shape index (κ2) is 18.7. The lowest BCUT2D eigenvalue weighted by molar-refractivity contribution is -0.142. The lowest BCUT2D eigenvalue weighted by Crippen LogP contribution is -2.62. The molecule has 1 saturated heterocycles. The molecule has 7 amide bonds. The van der Waals surface area contributed by atoms with Crippen molar-refractivity contribution in [1.29, 1.82) is 0 Å². The van der Waals surface area contributed by atoms with Gasteiger partial charge in [0.05, 0.1) is 17.4 Å². The Labute approximate surface area is 320 Å². The van der Waals surface area contributed by atoms with Gasteiger partial charge in [-0.3, -0.25) is 33.6 Å². The highest BCUT2D eigenvalue weighted by Gasteiger charge is 2.41. The van der Waals surface area contributed by atoms with Gasteiger partial charge in [-0.1, -0.05) is 58.4 Å². The summed E-state index contributed by atoms with van der Waals surface area (Å²) in [6.07, 6.45) is -0.204. The average Bonchev–Trinajstić information content (AvgIpc) is 3.64. The predicted molar refractivity (Wildman–Crippen MR) is 202 cm³/mol. The summed E-state index contributed by atoms with van der Waals surface area (Å²) in [7, 11) is 0. The molecule has 0 radical (unpaired) electrons. The molecule has 0 aliphatic carbocycles. The monoisotopic (exact) mass is 763 g/mol. The standard InChI is InChI=1S/C39H53N7O9/c1-7-21(4)31-39(55)46-18-10-13-29(46)36(52)41-27-12-9-8-11-26(27)34(50)43-30(20(2)3)37(53)42-28(19-24-14-16-25(48)17-15-24)35(51)45-32(23(6)47)38(54)40-22(5)33(49)44-31/h8-9,11-12,14-17,20-23,28-32,47-48H,7,10,13,18-19H2,1-6H3,(H,40,54)(H,41,52)(H,42,53)(H,43,50)(H,44,49)(H,45,51)/t21-,22-,23+,28-,29-,30-,31-,32-/m0/s1. The number of aliphatic hydroxyl groups excluding tert-OH is 1. The molecule has 0 saturated carbocycles. The molecule has 16 nitrogen and oxygen atoms in total. The number of carbonyl (C=O) groups is 7. The van der Waals surface area contributed by atoms with Crippen LogP contribution in [0.1, 0.15) is 76.7 Å². The van der Waals surface area contributed by atoms with Crippen LogP contribution in [0, 0.1) is 11.8 Å². The Morgan fingerprint density at radius 3 is 2.02 bits per heavy atom. The van der Waals surface area contributed by atoms with Crippen LogP contribution >= 0.6 is 0 Å². The van der Waals surface area contributed by atoms with Crippen molar-refractivity contribution in [2.75, 3.05) is 11.9 Å². The van der Waals surface area contributed by atoms with Gasteiger partial charge in [0.15, 0.2) is 0 Å². The molecule has 1 fully saturated rings. The summed E-state index contributed by atoms with van der Waals surface area (Å²) in [6, 6.07) is 4.86. The summed E-state index contributed by atoms with van der Waals surface area (Å²) in [6.45, 7) is 9.94. The van der Waals surface area contributed by atoms with Gasteiger partial charge >= 0.3 is 0 Å². The first kappa shape index (κ1) is 42.2. The van der Waals surface area contributed by atoms with Gasteiger partial charge in [-0.25, -0.2) is 0 Å². The van der Waals surface area contributed by atoms with Crippen molar-refractivity contribution >= 4 is 47.0 Å². The third-order valence-corrected chi connectivity index (χ3v) is 10.1. The lowest BCUT2D eigenvalue weighted by Gasteiger charge is -2.32. The van der Waals surface area contributed by atoms with Gasteiger partial charge in [-0.05, 0) is 68.4 Å². The highest BCUT2D eigenvalue weighted by atomic mass is 16.3. The predicted octanol–water partition coefficient (Wildman–Crippen LogP) is 0.718. The second-order valence-electron chi connectivity index (χ2n) is 14.7. The van der Waals surface area contributed by atoms with E-state index in [0.29, 0.717) is 24.8 Å².